The zero-order chi connectivity index (χ0) is 30.5. The number of alkyl halides is 3. The first kappa shape index (κ1) is 28.8. The van der Waals surface area contributed by atoms with Crippen molar-refractivity contribution in [1.29, 1.82) is 0 Å². The summed E-state index contributed by atoms with van der Waals surface area (Å²) in [4.78, 5) is 21.7. The third kappa shape index (κ3) is 5.61. The Hall–Kier alpha value is -4.26. The maximum atomic E-state index is 15.1. The molecule has 0 amide bonds. The smallest absolute Gasteiger partial charge is 0.416 e. The molecule has 1 fully saturated rings. The number of nitrogens with zero attached hydrogens (tertiary/aromatic N) is 4. The predicted octanol–water partition coefficient (Wildman–Crippen LogP) is 5.48. The summed E-state index contributed by atoms with van der Waals surface area (Å²) in [6.07, 6.45) is -0.0799. The number of aromatic nitrogens is 2. The number of hydrogen-bond acceptors (Lipinski definition) is 6. The van der Waals surface area contributed by atoms with Gasteiger partial charge in [0.25, 0.3) is 0 Å². The summed E-state index contributed by atoms with van der Waals surface area (Å²) < 4.78 is 90.6. The van der Waals surface area contributed by atoms with Crippen molar-refractivity contribution >= 4 is 22.4 Å². The molecule has 2 aliphatic heterocycles. The zero-order valence-electron chi connectivity index (χ0n) is 22.8. The highest BCUT2D eigenvalue weighted by molar-refractivity contribution is 5.86. The lowest BCUT2D eigenvalue weighted by Crippen LogP contribution is -2.48. The Morgan fingerprint density at radius 2 is 1.81 bits per heavy atom. The van der Waals surface area contributed by atoms with Crippen molar-refractivity contribution in [1.82, 2.24) is 14.5 Å². The number of anilines is 2. The molecule has 0 unspecified atom stereocenters. The maximum absolute atomic E-state index is 15.1. The molecular weight excluding hydrogens is 576 g/mol. The lowest BCUT2D eigenvalue weighted by atomic mass is 10.0. The molecule has 13 heteroatoms. The van der Waals surface area contributed by atoms with Crippen LogP contribution in [0, 0.1) is 17.5 Å². The molecule has 0 spiro atoms. The van der Waals surface area contributed by atoms with Crippen molar-refractivity contribution in [3.63, 3.8) is 0 Å². The molecule has 43 heavy (non-hydrogen) atoms. The second kappa shape index (κ2) is 11.1. The van der Waals surface area contributed by atoms with E-state index in [1.807, 2.05) is 11.0 Å². The van der Waals surface area contributed by atoms with Gasteiger partial charge in [-0.2, -0.15) is 17.6 Å². The normalized spacial score (nSPS) is 17.0. The van der Waals surface area contributed by atoms with E-state index in [-0.39, 0.29) is 60.1 Å². The van der Waals surface area contributed by atoms with E-state index in [0.29, 0.717) is 31.4 Å². The molecular formula is C30H27F6N5O2. The van der Waals surface area contributed by atoms with Crippen LogP contribution in [0.4, 0.5) is 37.8 Å². The Bertz CT molecular complexity index is 1740. The van der Waals surface area contributed by atoms with E-state index in [1.54, 1.807) is 23.0 Å². The van der Waals surface area contributed by atoms with E-state index in [0.717, 1.165) is 30.3 Å². The third-order valence-corrected chi connectivity index (χ3v) is 8.04. The van der Waals surface area contributed by atoms with Crippen LogP contribution in [-0.2, 0) is 25.8 Å². The van der Waals surface area contributed by atoms with E-state index in [2.05, 4.69) is 9.88 Å². The molecule has 226 valence electrons. The molecule has 2 aliphatic rings. The molecule has 0 aliphatic carbocycles. The Morgan fingerprint density at radius 1 is 1.02 bits per heavy atom. The van der Waals surface area contributed by atoms with Gasteiger partial charge >= 0.3 is 6.18 Å². The van der Waals surface area contributed by atoms with Crippen molar-refractivity contribution in [2.45, 2.75) is 44.7 Å². The summed E-state index contributed by atoms with van der Waals surface area (Å²) >= 11 is 0. The molecule has 2 aromatic heterocycles. The van der Waals surface area contributed by atoms with E-state index in [4.69, 9.17) is 10.5 Å². The standard InChI is InChI=1S/C30H27F6N5O2/c31-23-10-19(30(34,35)36)4-3-17(23)13-41(21-2-1-7-39(16-21)20-5-6-25(37)38-12-20)15-18-14-40-8-9-43-29-26(33)24(32)11-22(27(29)40)28(18)42/h3-6,10-12,14,21H,1-2,7-9,13,15-16H2,(H2,37,38)/t21-/m0/s1. The van der Waals surface area contributed by atoms with Gasteiger partial charge in [-0.05, 0) is 43.2 Å². The van der Waals surface area contributed by atoms with E-state index < -0.39 is 34.6 Å². The van der Waals surface area contributed by atoms with Gasteiger partial charge in [0.2, 0.25) is 5.82 Å². The summed E-state index contributed by atoms with van der Waals surface area (Å²) in [7, 11) is 0. The summed E-state index contributed by atoms with van der Waals surface area (Å²) in [5, 5.41) is -0.0509. The Balaban J connectivity index is 1.39. The van der Waals surface area contributed by atoms with E-state index >= 15 is 4.39 Å². The SMILES string of the molecule is Nc1ccc(N2CCC[C@H](N(Cc3ccc(C(F)(F)F)cc3F)Cc3cn4c5c(c(F)c(F)cc5c3=O)OCC4)C2)cn1. The van der Waals surface area contributed by atoms with E-state index in [9.17, 15) is 26.7 Å². The molecule has 0 bridgehead atoms. The van der Waals surface area contributed by atoms with Gasteiger partial charge in [0.15, 0.2) is 17.0 Å². The van der Waals surface area contributed by atoms with Gasteiger partial charge in [-0.3, -0.25) is 9.69 Å². The average molecular weight is 604 g/mol. The number of nitrogens with two attached hydrogens (primary N) is 1. The summed E-state index contributed by atoms with van der Waals surface area (Å²) in [6.45, 7) is 1.43. The largest absolute Gasteiger partial charge is 0.486 e. The lowest BCUT2D eigenvalue weighted by molar-refractivity contribution is -0.137. The minimum Gasteiger partial charge on any atom is -0.486 e. The molecule has 4 aromatic rings. The number of piperidine rings is 1. The van der Waals surface area contributed by atoms with Gasteiger partial charge in [-0.25, -0.2) is 13.8 Å². The first-order chi connectivity index (χ1) is 20.5. The molecule has 2 aromatic carbocycles. The van der Waals surface area contributed by atoms with Crippen LogP contribution in [0.25, 0.3) is 10.9 Å². The molecule has 0 radical (unpaired) electrons. The first-order valence-corrected chi connectivity index (χ1v) is 13.7. The van der Waals surface area contributed by atoms with Crippen molar-refractivity contribution in [3.05, 3.63) is 93.2 Å². The number of pyridine rings is 2. The minimum atomic E-state index is -4.70. The van der Waals surface area contributed by atoms with Gasteiger partial charge < -0.3 is 19.9 Å². The number of hydrogen-bond donors (Lipinski definition) is 1. The highest BCUT2D eigenvalue weighted by Gasteiger charge is 2.33. The lowest BCUT2D eigenvalue weighted by Gasteiger charge is -2.40. The quantitative estimate of drug-likeness (QED) is 0.295. The summed E-state index contributed by atoms with van der Waals surface area (Å²) in [5.41, 5.74) is 5.36. The van der Waals surface area contributed by atoms with Gasteiger partial charge in [0, 0.05) is 49.5 Å². The van der Waals surface area contributed by atoms with Crippen LogP contribution in [0.5, 0.6) is 5.75 Å². The number of nitrogen functional groups attached to an aromatic ring is 1. The second-order valence-electron chi connectivity index (χ2n) is 10.8. The van der Waals surface area contributed by atoms with Crippen molar-refractivity contribution in [2.75, 3.05) is 30.3 Å². The fraction of sp³-hybridized carbons (Fsp3) is 0.333. The van der Waals surface area contributed by atoms with Crippen molar-refractivity contribution < 1.29 is 31.1 Å². The number of benzene rings is 2. The number of ether oxygens (including phenoxy) is 1. The van der Waals surface area contributed by atoms with Crippen molar-refractivity contribution in [2.24, 2.45) is 0 Å². The third-order valence-electron chi connectivity index (χ3n) is 8.04. The molecule has 2 N–H and O–H groups in total. The molecule has 1 atom stereocenters. The highest BCUT2D eigenvalue weighted by atomic mass is 19.4. The molecule has 7 nitrogen and oxygen atoms in total. The van der Waals surface area contributed by atoms with Gasteiger partial charge in [-0.15, -0.1) is 0 Å². The molecule has 0 saturated carbocycles. The highest BCUT2D eigenvalue weighted by Crippen LogP contribution is 2.34. The first-order valence-electron chi connectivity index (χ1n) is 13.7. The van der Waals surface area contributed by atoms with Crippen LogP contribution in [-0.4, -0.2) is 40.2 Å². The average Bonchev–Trinajstić information content (AvgIpc) is 2.98. The number of halogens is 6. The topological polar surface area (TPSA) is 76.6 Å². The van der Waals surface area contributed by atoms with Crippen LogP contribution < -0.4 is 20.8 Å². The number of rotatable bonds is 6. The summed E-state index contributed by atoms with van der Waals surface area (Å²) in [6, 6.07) is 6.52. The van der Waals surface area contributed by atoms with Crippen LogP contribution in [0.3, 0.4) is 0 Å². The van der Waals surface area contributed by atoms with Crippen LogP contribution in [0.15, 0.2) is 53.6 Å². The predicted molar refractivity (Wildman–Crippen MR) is 148 cm³/mol. The van der Waals surface area contributed by atoms with Crippen LogP contribution >= 0.6 is 0 Å². The zero-order valence-corrected chi connectivity index (χ0v) is 22.8. The Morgan fingerprint density at radius 3 is 2.53 bits per heavy atom. The van der Waals surface area contributed by atoms with Gasteiger partial charge in [0.05, 0.1) is 34.9 Å². The molecule has 4 heterocycles. The fourth-order valence-electron chi connectivity index (χ4n) is 5.88. The Kier molecular flexibility index (Phi) is 7.45. The van der Waals surface area contributed by atoms with Gasteiger partial charge in [0.1, 0.15) is 18.2 Å². The van der Waals surface area contributed by atoms with Crippen molar-refractivity contribution in [3.8, 4) is 5.75 Å². The Labute approximate surface area is 242 Å². The minimum absolute atomic E-state index is 0.0110. The monoisotopic (exact) mass is 603 g/mol. The van der Waals surface area contributed by atoms with Crippen LogP contribution in [0.2, 0.25) is 0 Å². The van der Waals surface area contributed by atoms with E-state index in [1.165, 1.54) is 0 Å². The molecule has 1 saturated heterocycles. The summed E-state index contributed by atoms with van der Waals surface area (Å²) in [5.74, 6) is -3.36. The van der Waals surface area contributed by atoms with Crippen LogP contribution in [0.1, 0.15) is 29.5 Å². The van der Waals surface area contributed by atoms with Gasteiger partial charge in [-0.1, -0.05) is 6.07 Å². The maximum Gasteiger partial charge on any atom is 0.416 e. The fourth-order valence-corrected chi connectivity index (χ4v) is 5.88. The second-order valence-corrected chi connectivity index (χ2v) is 10.8. The molecule has 6 rings (SSSR count).